The van der Waals surface area contributed by atoms with Crippen molar-refractivity contribution in [2.75, 3.05) is 14.2 Å². The molecule has 1 heterocycles. The van der Waals surface area contributed by atoms with E-state index in [1.54, 1.807) is 18.2 Å². The van der Waals surface area contributed by atoms with Crippen LogP contribution < -0.4 is 9.47 Å². The molecule has 0 fully saturated rings. The first-order valence-electron chi connectivity index (χ1n) is 5.67. The maximum Gasteiger partial charge on any atom is 0.147 e. The highest BCUT2D eigenvalue weighted by atomic mass is 19.1. The summed E-state index contributed by atoms with van der Waals surface area (Å²) in [5, 5.41) is 10.2. The first-order chi connectivity index (χ1) is 9.17. The van der Waals surface area contributed by atoms with Crippen LogP contribution in [-0.2, 0) is 0 Å². The minimum atomic E-state index is -1.19. The van der Waals surface area contributed by atoms with Crippen molar-refractivity contribution >= 4 is 0 Å². The minimum Gasteiger partial charge on any atom is -0.497 e. The highest BCUT2D eigenvalue weighted by Crippen LogP contribution is 2.32. The molecular weight excluding hydrogens is 249 g/mol. The molecule has 100 valence electrons. The van der Waals surface area contributed by atoms with E-state index in [2.05, 4.69) is 4.98 Å². The number of nitrogens with zero attached hydrogens (tertiary/aromatic N) is 1. The fourth-order valence-corrected chi connectivity index (χ4v) is 1.79. The first-order valence-corrected chi connectivity index (χ1v) is 5.67. The molecule has 0 aliphatic rings. The molecule has 2 rings (SSSR count). The summed E-state index contributed by atoms with van der Waals surface area (Å²) in [5.74, 6) is 0.444. The highest BCUT2D eigenvalue weighted by Gasteiger charge is 2.20. The van der Waals surface area contributed by atoms with Gasteiger partial charge in [0.05, 0.1) is 14.2 Å². The predicted molar refractivity (Wildman–Crippen MR) is 67.8 cm³/mol. The minimum absolute atomic E-state index is 0.0361. The van der Waals surface area contributed by atoms with Gasteiger partial charge in [-0.2, -0.15) is 0 Å². The number of hydrogen-bond acceptors (Lipinski definition) is 4. The first kappa shape index (κ1) is 13.3. The van der Waals surface area contributed by atoms with Crippen LogP contribution in [0.25, 0.3) is 0 Å². The molecule has 0 bridgehead atoms. The monoisotopic (exact) mass is 263 g/mol. The Bertz CT molecular complexity index is 574. The third kappa shape index (κ3) is 2.66. The molecule has 0 saturated carbocycles. The third-order valence-electron chi connectivity index (χ3n) is 2.78. The average Bonchev–Trinajstić information content (AvgIpc) is 2.46. The number of aromatic nitrogens is 1. The standard InChI is InChI=1S/C14H14FNO3/c1-18-9-5-6-10(12(8-9)19-2)14(17)13-11(15)4-3-7-16-13/h3-8,14,17H,1-2H3. The topological polar surface area (TPSA) is 51.6 Å². The summed E-state index contributed by atoms with van der Waals surface area (Å²) >= 11 is 0. The van der Waals surface area contributed by atoms with Crippen LogP contribution >= 0.6 is 0 Å². The molecule has 19 heavy (non-hydrogen) atoms. The maximum absolute atomic E-state index is 13.6. The number of hydrogen-bond donors (Lipinski definition) is 1. The summed E-state index contributed by atoms with van der Waals surface area (Å²) in [6, 6.07) is 7.64. The van der Waals surface area contributed by atoms with Gasteiger partial charge in [-0.1, -0.05) is 0 Å². The van der Waals surface area contributed by atoms with Gasteiger partial charge < -0.3 is 14.6 Å². The van der Waals surface area contributed by atoms with Crippen LogP contribution in [0.3, 0.4) is 0 Å². The smallest absolute Gasteiger partial charge is 0.147 e. The summed E-state index contributed by atoms with van der Waals surface area (Å²) in [6.07, 6.45) is 0.236. The van der Waals surface area contributed by atoms with Crippen LogP contribution in [0.2, 0.25) is 0 Å². The Morgan fingerprint density at radius 1 is 1.21 bits per heavy atom. The van der Waals surface area contributed by atoms with E-state index in [0.717, 1.165) is 0 Å². The molecule has 1 unspecified atom stereocenters. The zero-order valence-electron chi connectivity index (χ0n) is 10.6. The lowest BCUT2D eigenvalue weighted by Gasteiger charge is -2.15. The van der Waals surface area contributed by atoms with E-state index in [4.69, 9.17) is 9.47 Å². The van der Waals surface area contributed by atoms with Crippen LogP contribution in [0.15, 0.2) is 36.5 Å². The molecular formula is C14H14FNO3. The lowest BCUT2D eigenvalue weighted by Crippen LogP contribution is -2.07. The molecule has 1 aromatic carbocycles. The van der Waals surface area contributed by atoms with Crippen molar-refractivity contribution in [3.05, 3.63) is 53.6 Å². The van der Waals surface area contributed by atoms with Crippen molar-refractivity contribution in [1.29, 1.82) is 0 Å². The van der Waals surface area contributed by atoms with Crippen molar-refractivity contribution in [3.8, 4) is 11.5 Å². The zero-order chi connectivity index (χ0) is 13.8. The Morgan fingerprint density at radius 2 is 2.00 bits per heavy atom. The van der Waals surface area contributed by atoms with E-state index < -0.39 is 11.9 Å². The molecule has 0 spiro atoms. The van der Waals surface area contributed by atoms with Crippen LogP contribution in [-0.4, -0.2) is 24.3 Å². The molecule has 5 heteroatoms. The number of aliphatic hydroxyl groups is 1. The van der Waals surface area contributed by atoms with Gasteiger partial charge in [-0.15, -0.1) is 0 Å². The summed E-state index contributed by atoms with van der Waals surface area (Å²) < 4.78 is 23.9. The summed E-state index contributed by atoms with van der Waals surface area (Å²) in [6.45, 7) is 0. The Balaban J connectivity index is 2.44. The second-order valence-corrected chi connectivity index (χ2v) is 3.88. The van der Waals surface area contributed by atoms with Crippen molar-refractivity contribution in [3.63, 3.8) is 0 Å². The molecule has 1 N–H and O–H groups in total. The largest absolute Gasteiger partial charge is 0.497 e. The molecule has 0 aliphatic carbocycles. The van der Waals surface area contributed by atoms with E-state index >= 15 is 0 Å². The van der Waals surface area contributed by atoms with E-state index in [1.807, 2.05) is 0 Å². The molecule has 0 aliphatic heterocycles. The SMILES string of the molecule is COc1ccc(C(O)c2ncccc2F)c(OC)c1. The second kappa shape index (κ2) is 5.67. The van der Waals surface area contributed by atoms with Crippen molar-refractivity contribution in [2.24, 2.45) is 0 Å². The fraction of sp³-hybridized carbons (Fsp3) is 0.214. The molecule has 1 atom stereocenters. The number of methoxy groups -OCH3 is 2. The molecule has 4 nitrogen and oxygen atoms in total. The fourth-order valence-electron chi connectivity index (χ4n) is 1.79. The number of benzene rings is 1. The Kier molecular flexibility index (Phi) is 3.97. The van der Waals surface area contributed by atoms with E-state index in [0.29, 0.717) is 17.1 Å². The van der Waals surface area contributed by atoms with Crippen LogP contribution in [0.5, 0.6) is 11.5 Å². The Morgan fingerprint density at radius 3 is 2.63 bits per heavy atom. The molecule has 0 amide bonds. The number of ether oxygens (including phenoxy) is 2. The normalized spacial score (nSPS) is 12.0. The van der Waals surface area contributed by atoms with Gasteiger partial charge in [-0.05, 0) is 24.3 Å². The summed E-state index contributed by atoms with van der Waals surface area (Å²) in [4.78, 5) is 3.86. The summed E-state index contributed by atoms with van der Waals surface area (Å²) in [5.41, 5.74) is 0.395. The Hall–Kier alpha value is -2.14. The van der Waals surface area contributed by atoms with Crippen molar-refractivity contribution in [2.45, 2.75) is 6.10 Å². The van der Waals surface area contributed by atoms with Crippen LogP contribution in [0.4, 0.5) is 4.39 Å². The highest BCUT2D eigenvalue weighted by molar-refractivity contribution is 5.44. The molecule has 0 saturated heterocycles. The van der Waals surface area contributed by atoms with E-state index in [1.165, 1.54) is 32.5 Å². The van der Waals surface area contributed by atoms with Gasteiger partial charge in [0, 0.05) is 17.8 Å². The molecule has 1 aromatic heterocycles. The predicted octanol–water partition coefficient (Wildman–Crippen LogP) is 2.32. The van der Waals surface area contributed by atoms with Gasteiger partial charge in [0.25, 0.3) is 0 Å². The van der Waals surface area contributed by atoms with Crippen LogP contribution in [0.1, 0.15) is 17.4 Å². The van der Waals surface area contributed by atoms with Crippen molar-refractivity contribution in [1.82, 2.24) is 4.98 Å². The average molecular weight is 263 g/mol. The van der Waals surface area contributed by atoms with Gasteiger partial charge in [0.2, 0.25) is 0 Å². The number of halogens is 1. The lowest BCUT2D eigenvalue weighted by molar-refractivity contribution is 0.204. The maximum atomic E-state index is 13.6. The number of aliphatic hydroxyl groups excluding tert-OH is 1. The van der Waals surface area contributed by atoms with Gasteiger partial charge in [-0.3, -0.25) is 4.98 Å². The summed E-state index contributed by atoms with van der Waals surface area (Å²) in [7, 11) is 3.00. The van der Waals surface area contributed by atoms with E-state index in [9.17, 15) is 9.50 Å². The number of rotatable bonds is 4. The number of pyridine rings is 1. The Labute approximate surface area is 110 Å². The second-order valence-electron chi connectivity index (χ2n) is 3.88. The van der Waals surface area contributed by atoms with Gasteiger partial charge >= 0.3 is 0 Å². The van der Waals surface area contributed by atoms with Gasteiger partial charge in [0.15, 0.2) is 0 Å². The molecule has 2 aromatic rings. The molecule has 0 radical (unpaired) electrons. The van der Waals surface area contributed by atoms with Crippen LogP contribution in [0, 0.1) is 5.82 Å². The third-order valence-corrected chi connectivity index (χ3v) is 2.78. The quantitative estimate of drug-likeness (QED) is 0.919. The zero-order valence-corrected chi connectivity index (χ0v) is 10.6. The van der Waals surface area contributed by atoms with Crippen molar-refractivity contribution < 1.29 is 19.0 Å². The lowest BCUT2D eigenvalue weighted by atomic mass is 10.0. The van der Waals surface area contributed by atoms with Gasteiger partial charge in [0.1, 0.15) is 29.1 Å². The van der Waals surface area contributed by atoms with Gasteiger partial charge in [-0.25, -0.2) is 4.39 Å². The van der Waals surface area contributed by atoms with E-state index in [-0.39, 0.29) is 5.69 Å².